The minimum Gasteiger partial charge on any atom is -0.348 e. The quantitative estimate of drug-likeness (QED) is 0.726. The number of nitrogens with zero attached hydrogens (tertiary/aromatic N) is 1. The molecule has 0 atom stereocenters. The fraction of sp³-hybridized carbons (Fsp3) is 0.0588. The van der Waals surface area contributed by atoms with Gasteiger partial charge in [0.2, 0.25) is 5.91 Å². The van der Waals surface area contributed by atoms with Crippen molar-refractivity contribution in [3.05, 3.63) is 66.5 Å². The van der Waals surface area contributed by atoms with Crippen molar-refractivity contribution in [3.8, 4) is 11.4 Å². The lowest BCUT2D eigenvalue weighted by Gasteiger charge is -2.03. The van der Waals surface area contributed by atoms with E-state index in [1.165, 1.54) is 18.2 Å². The van der Waals surface area contributed by atoms with Gasteiger partial charge in [0.1, 0.15) is 11.6 Å². The summed E-state index contributed by atoms with van der Waals surface area (Å²) in [7, 11) is 0. The zero-order chi connectivity index (χ0) is 15.5. The van der Waals surface area contributed by atoms with Crippen LogP contribution in [0.15, 0.2) is 55.1 Å². The van der Waals surface area contributed by atoms with Crippen LogP contribution in [0.2, 0.25) is 0 Å². The number of benzene rings is 2. The molecule has 110 valence electrons. The summed E-state index contributed by atoms with van der Waals surface area (Å²) in [6.07, 6.45) is 1.24. The number of aromatic nitrogens is 2. The molecule has 1 amide bonds. The number of carbonyl (C=O) groups excluding carboxylic acids is 1. The number of rotatable bonds is 4. The maximum absolute atomic E-state index is 13.2. The van der Waals surface area contributed by atoms with Gasteiger partial charge in [-0.15, -0.1) is 0 Å². The maximum atomic E-state index is 13.2. The van der Waals surface area contributed by atoms with E-state index in [-0.39, 0.29) is 11.7 Å². The Bertz CT molecular complexity index is 837. The SMILES string of the molecule is C=CC(=O)NCc1ccc(-c2nc3ccc(F)cc3[nH]2)cc1. The number of carbonyl (C=O) groups is 1. The molecule has 1 aromatic heterocycles. The molecule has 4 nitrogen and oxygen atoms in total. The molecule has 0 aliphatic carbocycles. The van der Waals surface area contributed by atoms with Crippen molar-refractivity contribution < 1.29 is 9.18 Å². The van der Waals surface area contributed by atoms with Gasteiger partial charge in [-0.25, -0.2) is 9.37 Å². The highest BCUT2D eigenvalue weighted by atomic mass is 19.1. The molecule has 0 spiro atoms. The van der Waals surface area contributed by atoms with Gasteiger partial charge in [-0.3, -0.25) is 4.79 Å². The van der Waals surface area contributed by atoms with Gasteiger partial charge in [-0.1, -0.05) is 30.8 Å². The molecular weight excluding hydrogens is 281 g/mol. The van der Waals surface area contributed by atoms with E-state index in [9.17, 15) is 9.18 Å². The first-order valence-corrected chi connectivity index (χ1v) is 6.80. The summed E-state index contributed by atoms with van der Waals surface area (Å²) in [5, 5.41) is 2.71. The van der Waals surface area contributed by atoms with E-state index in [4.69, 9.17) is 0 Å². The second-order valence-electron chi connectivity index (χ2n) is 4.87. The monoisotopic (exact) mass is 295 g/mol. The summed E-state index contributed by atoms with van der Waals surface area (Å²) in [5.74, 6) is 0.182. The highest BCUT2D eigenvalue weighted by Gasteiger charge is 2.06. The van der Waals surface area contributed by atoms with Crippen LogP contribution in [0, 0.1) is 5.82 Å². The van der Waals surface area contributed by atoms with Crippen LogP contribution >= 0.6 is 0 Å². The molecule has 3 aromatic rings. The van der Waals surface area contributed by atoms with Gasteiger partial charge < -0.3 is 10.3 Å². The lowest BCUT2D eigenvalue weighted by Crippen LogP contribution is -2.19. The van der Waals surface area contributed by atoms with Crippen LogP contribution in [0.25, 0.3) is 22.4 Å². The van der Waals surface area contributed by atoms with Gasteiger partial charge >= 0.3 is 0 Å². The Kier molecular flexibility index (Phi) is 3.70. The molecule has 3 rings (SSSR count). The summed E-state index contributed by atoms with van der Waals surface area (Å²) in [6.45, 7) is 3.84. The third-order valence-electron chi connectivity index (χ3n) is 3.32. The first-order valence-electron chi connectivity index (χ1n) is 6.80. The van der Waals surface area contributed by atoms with Crippen LogP contribution in [0.1, 0.15) is 5.56 Å². The predicted molar refractivity (Wildman–Crippen MR) is 83.5 cm³/mol. The van der Waals surface area contributed by atoms with Gasteiger partial charge in [-0.2, -0.15) is 0 Å². The Morgan fingerprint density at radius 3 is 2.77 bits per heavy atom. The first-order chi connectivity index (χ1) is 10.7. The lowest BCUT2D eigenvalue weighted by atomic mass is 10.1. The fourth-order valence-electron chi connectivity index (χ4n) is 2.16. The molecule has 0 bridgehead atoms. The number of aromatic amines is 1. The van der Waals surface area contributed by atoms with Crippen LogP contribution in [0.3, 0.4) is 0 Å². The minimum absolute atomic E-state index is 0.205. The van der Waals surface area contributed by atoms with Gasteiger partial charge in [0.25, 0.3) is 0 Å². The Hall–Kier alpha value is -2.95. The van der Waals surface area contributed by atoms with Crippen LogP contribution in [-0.4, -0.2) is 15.9 Å². The van der Waals surface area contributed by atoms with E-state index in [1.54, 1.807) is 6.07 Å². The highest BCUT2D eigenvalue weighted by molar-refractivity contribution is 5.86. The van der Waals surface area contributed by atoms with Gasteiger partial charge in [0.05, 0.1) is 11.0 Å². The standard InChI is InChI=1S/C17H14FN3O/c1-2-16(22)19-10-11-3-5-12(6-4-11)17-20-14-8-7-13(18)9-15(14)21-17/h2-9H,1,10H2,(H,19,22)(H,20,21). The molecule has 0 saturated carbocycles. The molecule has 0 saturated heterocycles. The smallest absolute Gasteiger partial charge is 0.243 e. The number of H-pyrrole nitrogens is 1. The molecule has 22 heavy (non-hydrogen) atoms. The van der Waals surface area contributed by atoms with Gasteiger partial charge in [0, 0.05) is 12.1 Å². The third kappa shape index (κ3) is 2.88. The van der Waals surface area contributed by atoms with Crippen molar-refractivity contribution in [3.63, 3.8) is 0 Å². The third-order valence-corrected chi connectivity index (χ3v) is 3.32. The van der Waals surface area contributed by atoms with E-state index in [0.717, 1.165) is 16.6 Å². The summed E-state index contributed by atoms with van der Waals surface area (Å²) < 4.78 is 13.2. The van der Waals surface area contributed by atoms with E-state index >= 15 is 0 Å². The lowest BCUT2D eigenvalue weighted by molar-refractivity contribution is -0.116. The Morgan fingerprint density at radius 2 is 2.05 bits per heavy atom. The first kappa shape index (κ1) is 14.0. The molecule has 0 radical (unpaired) electrons. The number of fused-ring (bicyclic) bond motifs is 1. The molecular formula is C17H14FN3O. The predicted octanol–water partition coefficient (Wildman–Crippen LogP) is 3.17. The largest absolute Gasteiger partial charge is 0.348 e. The van der Waals surface area contributed by atoms with Crippen molar-refractivity contribution in [1.29, 1.82) is 0 Å². The van der Waals surface area contributed by atoms with E-state index in [1.807, 2.05) is 24.3 Å². The Morgan fingerprint density at radius 1 is 1.27 bits per heavy atom. The average Bonchev–Trinajstić information content (AvgIpc) is 2.96. The summed E-state index contributed by atoms with van der Waals surface area (Å²) in [5.41, 5.74) is 3.26. The molecule has 0 aliphatic heterocycles. The normalized spacial score (nSPS) is 10.6. The summed E-state index contributed by atoms with van der Waals surface area (Å²) in [6, 6.07) is 12.1. The molecule has 0 aliphatic rings. The summed E-state index contributed by atoms with van der Waals surface area (Å²) in [4.78, 5) is 18.7. The van der Waals surface area contributed by atoms with Gasteiger partial charge in [-0.05, 0) is 29.8 Å². The van der Waals surface area contributed by atoms with Crippen molar-refractivity contribution >= 4 is 16.9 Å². The van der Waals surface area contributed by atoms with Crippen LogP contribution in [0.5, 0.6) is 0 Å². The van der Waals surface area contributed by atoms with Crippen molar-refractivity contribution in [1.82, 2.24) is 15.3 Å². The molecule has 5 heteroatoms. The highest BCUT2D eigenvalue weighted by Crippen LogP contribution is 2.21. The zero-order valence-corrected chi connectivity index (χ0v) is 11.8. The Balaban J connectivity index is 1.81. The van der Waals surface area contributed by atoms with Crippen molar-refractivity contribution in [2.24, 2.45) is 0 Å². The molecule has 1 heterocycles. The fourth-order valence-corrected chi connectivity index (χ4v) is 2.16. The maximum Gasteiger partial charge on any atom is 0.243 e. The number of hydrogen-bond donors (Lipinski definition) is 2. The van der Waals surface area contributed by atoms with Crippen molar-refractivity contribution in [2.45, 2.75) is 6.54 Å². The molecule has 2 aromatic carbocycles. The number of amides is 1. The topological polar surface area (TPSA) is 57.8 Å². The number of nitrogens with one attached hydrogen (secondary N) is 2. The summed E-state index contributed by atoms with van der Waals surface area (Å²) >= 11 is 0. The van der Waals surface area contributed by atoms with Crippen molar-refractivity contribution in [2.75, 3.05) is 0 Å². The molecule has 2 N–H and O–H groups in total. The van der Waals surface area contributed by atoms with Crippen LogP contribution in [0.4, 0.5) is 4.39 Å². The average molecular weight is 295 g/mol. The molecule has 0 unspecified atom stereocenters. The van der Waals surface area contributed by atoms with Crippen LogP contribution < -0.4 is 5.32 Å². The Labute approximate surface area is 126 Å². The minimum atomic E-state index is -0.295. The van der Waals surface area contributed by atoms with Gasteiger partial charge in [0.15, 0.2) is 0 Å². The second kappa shape index (κ2) is 5.81. The van der Waals surface area contributed by atoms with Crippen LogP contribution in [-0.2, 0) is 11.3 Å². The number of imidazole rings is 1. The van der Waals surface area contributed by atoms with E-state index in [2.05, 4.69) is 21.9 Å². The number of hydrogen-bond acceptors (Lipinski definition) is 2. The second-order valence-corrected chi connectivity index (χ2v) is 4.87. The van der Waals surface area contributed by atoms with E-state index in [0.29, 0.717) is 17.9 Å². The zero-order valence-electron chi connectivity index (χ0n) is 11.8. The molecule has 0 fully saturated rings. The van der Waals surface area contributed by atoms with E-state index < -0.39 is 0 Å². The number of halogens is 1.